The van der Waals surface area contributed by atoms with Crippen LogP contribution in [0.25, 0.3) is 38.9 Å². The van der Waals surface area contributed by atoms with Crippen LogP contribution in [0.2, 0.25) is 0 Å². The van der Waals surface area contributed by atoms with Crippen molar-refractivity contribution in [2.45, 2.75) is 20.8 Å². The van der Waals surface area contributed by atoms with Crippen molar-refractivity contribution < 1.29 is 18.7 Å². The number of para-hydroxylation sites is 1. The average Bonchev–Trinajstić information content (AvgIpc) is 3.24. The molecule has 3 aromatic carbocycles. The smallest absolute Gasteiger partial charge is 0.344 e. The van der Waals surface area contributed by atoms with Crippen molar-refractivity contribution in [3.05, 3.63) is 94.3 Å². The third-order valence-electron chi connectivity index (χ3n) is 5.91. The molecule has 0 aliphatic rings. The van der Waals surface area contributed by atoms with Crippen LogP contribution >= 0.6 is 0 Å². The van der Waals surface area contributed by atoms with E-state index in [9.17, 15) is 9.59 Å². The lowest BCUT2D eigenvalue weighted by molar-refractivity contribution is 0.0525. The zero-order valence-electron chi connectivity index (χ0n) is 19.8. The summed E-state index contributed by atoms with van der Waals surface area (Å²) in [5.41, 5.74) is 3.91. The fourth-order valence-corrected chi connectivity index (χ4v) is 4.35. The van der Waals surface area contributed by atoms with Crippen LogP contribution < -0.4 is 10.3 Å². The number of esters is 1. The van der Waals surface area contributed by atoms with Gasteiger partial charge in [-0.1, -0.05) is 42.0 Å². The van der Waals surface area contributed by atoms with E-state index in [-0.39, 0.29) is 12.2 Å². The first kappa shape index (κ1) is 22.5. The number of hydrogen-bond acceptors (Lipinski definition) is 5. The highest BCUT2D eigenvalue weighted by atomic mass is 16.5. The molecule has 0 radical (unpaired) electrons. The van der Waals surface area contributed by atoms with E-state index in [4.69, 9.17) is 13.9 Å². The normalized spacial score (nSPS) is 11.2. The Labute approximate surface area is 202 Å². The van der Waals surface area contributed by atoms with Crippen LogP contribution in [-0.4, -0.2) is 23.8 Å². The highest BCUT2D eigenvalue weighted by Crippen LogP contribution is 2.38. The number of rotatable bonds is 6. The van der Waals surface area contributed by atoms with Gasteiger partial charge in [-0.2, -0.15) is 0 Å². The molecule has 0 saturated heterocycles. The van der Waals surface area contributed by atoms with Crippen molar-refractivity contribution in [2.75, 3.05) is 13.2 Å². The molecule has 35 heavy (non-hydrogen) atoms. The van der Waals surface area contributed by atoms with Crippen LogP contribution in [-0.2, 0) is 4.74 Å². The predicted octanol–water partition coefficient (Wildman–Crippen LogP) is 6.29. The first-order chi connectivity index (χ1) is 17.0. The number of benzene rings is 3. The second-order valence-corrected chi connectivity index (χ2v) is 8.18. The Morgan fingerprint density at radius 2 is 1.63 bits per heavy atom. The Morgan fingerprint density at radius 1 is 0.914 bits per heavy atom. The lowest BCUT2D eigenvalue weighted by atomic mass is 9.98. The number of carbonyl (C=O) groups excluding carboxylic acids is 1. The first-order valence-corrected chi connectivity index (χ1v) is 11.6. The topological polar surface area (TPSA) is 70.7 Å². The Hall–Kier alpha value is -4.32. The van der Waals surface area contributed by atoms with E-state index in [1.54, 1.807) is 11.5 Å². The van der Waals surface area contributed by atoms with Gasteiger partial charge < -0.3 is 13.9 Å². The summed E-state index contributed by atoms with van der Waals surface area (Å²) in [7, 11) is 0. The van der Waals surface area contributed by atoms with Crippen molar-refractivity contribution in [1.29, 1.82) is 0 Å². The molecule has 0 spiro atoms. The second kappa shape index (κ2) is 9.14. The van der Waals surface area contributed by atoms with Crippen LogP contribution in [0.3, 0.4) is 0 Å². The predicted molar refractivity (Wildman–Crippen MR) is 137 cm³/mol. The Bertz CT molecular complexity index is 1590. The van der Waals surface area contributed by atoms with Gasteiger partial charge in [0.05, 0.1) is 13.2 Å². The zero-order valence-corrected chi connectivity index (χ0v) is 19.8. The van der Waals surface area contributed by atoms with Gasteiger partial charge in [-0.25, -0.2) is 4.79 Å². The van der Waals surface area contributed by atoms with E-state index in [1.807, 2.05) is 86.6 Å². The number of aryl methyl sites for hydroxylation is 1. The van der Waals surface area contributed by atoms with E-state index in [0.29, 0.717) is 45.9 Å². The highest BCUT2D eigenvalue weighted by molar-refractivity contribution is 6.13. The van der Waals surface area contributed by atoms with Crippen molar-refractivity contribution >= 4 is 28.0 Å². The molecule has 0 amide bonds. The standard InChI is InChI=1S/C29H25NO5/c1-4-33-21-16-12-19(13-17-21)24-25(29(32)34-5-2)28(31)30(20-14-10-18(3)11-15-20)26-22-8-6-7-9-23(22)35-27(24)26/h6-17H,4-5H2,1-3H3. The molecule has 0 aliphatic carbocycles. The fraction of sp³-hybridized carbons (Fsp3) is 0.172. The van der Waals surface area contributed by atoms with Crippen LogP contribution in [0.4, 0.5) is 0 Å². The number of hydrogen-bond donors (Lipinski definition) is 0. The molecule has 0 aliphatic heterocycles. The number of pyridine rings is 1. The van der Waals surface area contributed by atoms with Gasteiger partial charge in [-0.15, -0.1) is 0 Å². The molecular weight excluding hydrogens is 442 g/mol. The largest absolute Gasteiger partial charge is 0.494 e. The van der Waals surface area contributed by atoms with Gasteiger partial charge >= 0.3 is 5.97 Å². The molecule has 2 aromatic heterocycles. The molecule has 0 fully saturated rings. The number of fused-ring (bicyclic) bond motifs is 3. The molecule has 6 heteroatoms. The number of aromatic nitrogens is 1. The van der Waals surface area contributed by atoms with Crippen LogP contribution in [0, 0.1) is 6.92 Å². The van der Waals surface area contributed by atoms with Crippen LogP contribution in [0.5, 0.6) is 5.75 Å². The number of ether oxygens (including phenoxy) is 2. The quantitative estimate of drug-likeness (QED) is 0.275. The third kappa shape index (κ3) is 3.87. The van der Waals surface area contributed by atoms with Gasteiger partial charge in [-0.3, -0.25) is 9.36 Å². The highest BCUT2D eigenvalue weighted by Gasteiger charge is 2.28. The molecule has 0 saturated carbocycles. The maximum absolute atomic E-state index is 14.1. The van der Waals surface area contributed by atoms with Crippen molar-refractivity contribution in [3.8, 4) is 22.6 Å². The molecular formula is C29H25NO5. The number of carbonyl (C=O) groups is 1. The maximum Gasteiger partial charge on any atom is 0.344 e. The summed E-state index contributed by atoms with van der Waals surface area (Å²) < 4.78 is 18.8. The van der Waals surface area contributed by atoms with Gasteiger partial charge in [0.1, 0.15) is 22.4 Å². The van der Waals surface area contributed by atoms with Gasteiger partial charge in [0.25, 0.3) is 5.56 Å². The molecule has 0 atom stereocenters. The third-order valence-corrected chi connectivity index (χ3v) is 5.91. The summed E-state index contributed by atoms with van der Waals surface area (Å²) >= 11 is 0. The minimum atomic E-state index is -0.690. The lowest BCUT2D eigenvalue weighted by Gasteiger charge is -2.15. The minimum absolute atomic E-state index is 0.0665. The molecule has 5 rings (SSSR count). The fourth-order valence-electron chi connectivity index (χ4n) is 4.35. The lowest BCUT2D eigenvalue weighted by Crippen LogP contribution is -2.28. The Kier molecular flexibility index (Phi) is 5.87. The summed E-state index contributed by atoms with van der Waals surface area (Å²) in [5.74, 6) is 0.00684. The molecule has 6 nitrogen and oxygen atoms in total. The summed E-state index contributed by atoms with van der Waals surface area (Å²) in [6.45, 7) is 6.29. The van der Waals surface area contributed by atoms with Gasteiger partial charge in [-0.05, 0) is 62.7 Å². The van der Waals surface area contributed by atoms with Gasteiger partial charge in [0.2, 0.25) is 0 Å². The van der Waals surface area contributed by atoms with Crippen molar-refractivity contribution in [1.82, 2.24) is 4.57 Å². The SMILES string of the molecule is CCOC(=O)c1c(-c2ccc(OCC)cc2)c2oc3ccccc3c2n(-c2ccc(C)cc2)c1=O. The second-order valence-electron chi connectivity index (χ2n) is 8.18. The minimum Gasteiger partial charge on any atom is -0.494 e. The Morgan fingerprint density at radius 3 is 2.31 bits per heavy atom. The van der Waals surface area contributed by atoms with E-state index in [0.717, 1.165) is 10.9 Å². The van der Waals surface area contributed by atoms with Crippen molar-refractivity contribution in [2.24, 2.45) is 0 Å². The summed E-state index contributed by atoms with van der Waals surface area (Å²) in [5, 5.41) is 0.780. The molecule has 0 bridgehead atoms. The number of nitrogens with zero attached hydrogens (tertiary/aromatic N) is 1. The molecule has 2 heterocycles. The monoisotopic (exact) mass is 467 g/mol. The van der Waals surface area contributed by atoms with Crippen LogP contribution in [0.1, 0.15) is 29.8 Å². The molecule has 5 aromatic rings. The number of furan rings is 1. The Balaban J connectivity index is 1.94. The van der Waals surface area contributed by atoms with Crippen molar-refractivity contribution in [3.63, 3.8) is 0 Å². The first-order valence-electron chi connectivity index (χ1n) is 11.6. The summed E-state index contributed by atoms with van der Waals surface area (Å²) in [6.07, 6.45) is 0. The van der Waals surface area contributed by atoms with Gasteiger partial charge in [0.15, 0.2) is 5.58 Å². The van der Waals surface area contributed by atoms with Crippen LogP contribution in [0.15, 0.2) is 82.0 Å². The summed E-state index contributed by atoms with van der Waals surface area (Å²) in [6, 6.07) is 22.4. The molecule has 0 unspecified atom stereocenters. The maximum atomic E-state index is 14.1. The van der Waals surface area contributed by atoms with E-state index >= 15 is 0 Å². The van der Waals surface area contributed by atoms with E-state index in [2.05, 4.69) is 0 Å². The zero-order chi connectivity index (χ0) is 24.5. The molecule has 0 N–H and O–H groups in total. The van der Waals surface area contributed by atoms with E-state index < -0.39 is 11.5 Å². The molecule has 176 valence electrons. The van der Waals surface area contributed by atoms with Gasteiger partial charge in [0, 0.05) is 16.6 Å². The van der Waals surface area contributed by atoms with E-state index in [1.165, 1.54) is 0 Å². The summed E-state index contributed by atoms with van der Waals surface area (Å²) in [4.78, 5) is 27.3. The average molecular weight is 468 g/mol.